The standard InChI is InChI=1S/C26H25N3OS/c1-4-19-11-8-12-22-24(19)28-25(20-9-6-5-7-10-20)29-26(22)31-16-23(30)27-21-14-17(2)13-18(3)15-21/h5-15H,4,16H2,1-3H3,(H,27,30). The number of carbonyl (C=O) groups is 1. The van der Waals surface area contributed by atoms with Crippen molar-refractivity contribution >= 4 is 34.3 Å². The minimum atomic E-state index is -0.0466. The Morgan fingerprint density at radius 3 is 2.39 bits per heavy atom. The molecule has 4 aromatic rings. The average molecular weight is 428 g/mol. The fraction of sp³-hybridized carbons (Fsp3) is 0.192. The molecule has 0 spiro atoms. The molecule has 1 aromatic heterocycles. The van der Waals surface area contributed by atoms with Crippen LogP contribution in [-0.4, -0.2) is 21.6 Å². The van der Waals surface area contributed by atoms with Crippen LogP contribution in [-0.2, 0) is 11.2 Å². The van der Waals surface area contributed by atoms with Crippen LogP contribution in [0.25, 0.3) is 22.3 Å². The van der Waals surface area contributed by atoms with Gasteiger partial charge in [-0.05, 0) is 49.1 Å². The molecule has 0 atom stereocenters. The van der Waals surface area contributed by atoms with Gasteiger partial charge in [-0.25, -0.2) is 9.97 Å². The van der Waals surface area contributed by atoms with E-state index in [2.05, 4.69) is 24.4 Å². The number of amides is 1. The van der Waals surface area contributed by atoms with Crippen molar-refractivity contribution < 1.29 is 4.79 Å². The van der Waals surface area contributed by atoms with Gasteiger partial charge in [0.25, 0.3) is 0 Å². The first kappa shape index (κ1) is 21.1. The largest absolute Gasteiger partial charge is 0.325 e. The van der Waals surface area contributed by atoms with E-state index in [-0.39, 0.29) is 11.7 Å². The quantitative estimate of drug-likeness (QED) is 0.294. The lowest BCUT2D eigenvalue weighted by molar-refractivity contribution is -0.113. The van der Waals surface area contributed by atoms with Gasteiger partial charge in [-0.3, -0.25) is 4.79 Å². The molecule has 1 heterocycles. The molecule has 3 aromatic carbocycles. The Kier molecular flexibility index (Phi) is 6.33. The van der Waals surface area contributed by atoms with Crippen molar-refractivity contribution in [2.75, 3.05) is 11.1 Å². The van der Waals surface area contributed by atoms with E-state index >= 15 is 0 Å². The van der Waals surface area contributed by atoms with E-state index in [0.717, 1.165) is 44.7 Å². The predicted molar refractivity (Wildman–Crippen MR) is 130 cm³/mol. The highest BCUT2D eigenvalue weighted by atomic mass is 32.2. The SMILES string of the molecule is CCc1cccc2c(SCC(=O)Nc3cc(C)cc(C)c3)nc(-c3ccccc3)nc12. The van der Waals surface area contributed by atoms with Gasteiger partial charge in [0.05, 0.1) is 11.3 Å². The maximum absolute atomic E-state index is 12.6. The average Bonchev–Trinajstić information content (AvgIpc) is 2.76. The first-order chi connectivity index (χ1) is 15.0. The Morgan fingerprint density at radius 1 is 0.935 bits per heavy atom. The maximum Gasteiger partial charge on any atom is 0.234 e. The monoisotopic (exact) mass is 427 g/mol. The van der Waals surface area contributed by atoms with Crippen molar-refractivity contribution in [2.45, 2.75) is 32.2 Å². The highest BCUT2D eigenvalue weighted by Crippen LogP contribution is 2.30. The number of aromatic nitrogens is 2. The Labute approximate surface area is 187 Å². The van der Waals surface area contributed by atoms with Gasteiger partial charge in [-0.1, -0.05) is 73.3 Å². The number of fused-ring (bicyclic) bond motifs is 1. The van der Waals surface area contributed by atoms with E-state index in [4.69, 9.17) is 9.97 Å². The fourth-order valence-electron chi connectivity index (χ4n) is 3.67. The Bertz CT molecular complexity index is 1220. The molecule has 0 radical (unpaired) electrons. The zero-order chi connectivity index (χ0) is 21.8. The fourth-order valence-corrected chi connectivity index (χ4v) is 4.48. The van der Waals surface area contributed by atoms with Crippen molar-refractivity contribution in [2.24, 2.45) is 0 Å². The summed E-state index contributed by atoms with van der Waals surface area (Å²) in [7, 11) is 0. The van der Waals surface area contributed by atoms with Crippen LogP contribution < -0.4 is 5.32 Å². The van der Waals surface area contributed by atoms with Gasteiger partial charge in [0.1, 0.15) is 5.03 Å². The third-order valence-corrected chi connectivity index (χ3v) is 6.02. The third-order valence-electron chi connectivity index (χ3n) is 5.03. The molecule has 0 aliphatic heterocycles. The van der Waals surface area contributed by atoms with Crippen molar-refractivity contribution in [3.05, 3.63) is 83.4 Å². The highest BCUT2D eigenvalue weighted by Gasteiger charge is 2.14. The van der Waals surface area contributed by atoms with Crippen molar-refractivity contribution in [3.8, 4) is 11.4 Å². The smallest absolute Gasteiger partial charge is 0.234 e. The predicted octanol–water partition coefficient (Wildman–Crippen LogP) is 6.21. The van der Waals surface area contributed by atoms with Crippen LogP contribution in [0.15, 0.2) is 71.8 Å². The van der Waals surface area contributed by atoms with Gasteiger partial charge in [-0.2, -0.15) is 0 Å². The molecule has 0 bridgehead atoms. The van der Waals surface area contributed by atoms with Gasteiger partial charge in [0, 0.05) is 16.6 Å². The van der Waals surface area contributed by atoms with Crippen molar-refractivity contribution in [1.82, 2.24) is 9.97 Å². The van der Waals surface area contributed by atoms with Gasteiger partial charge >= 0.3 is 0 Å². The van der Waals surface area contributed by atoms with E-state index in [1.165, 1.54) is 17.3 Å². The molecule has 4 nitrogen and oxygen atoms in total. The lowest BCUT2D eigenvalue weighted by Crippen LogP contribution is -2.14. The number of rotatable bonds is 6. The number of carbonyl (C=O) groups excluding carboxylic acids is 1. The molecule has 1 N–H and O–H groups in total. The topological polar surface area (TPSA) is 54.9 Å². The Morgan fingerprint density at radius 2 is 1.68 bits per heavy atom. The van der Waals surface area contributed by atoms with Crippen LogP contribution in [0.4, 0.5) is 5.69 Å². The number of para-hydroxylation sites is 1. The molecule has 4 rings (SSSR count). The van der Waals surface area contributed by atoms with E-state index in [0.29, 0.717) is 5.82 Å². The van der Waals surface area contributed by atoms with Crippen LogP contribution >= 0.6 is 11.8 Å². The summed E-state index contributed by atoms with van der Waals surface area (Å²) >= 11 is 1.45. The molecular formula is C26H25N3OS. The summed E-state index contributed by atoms with van der Waals surface area (Å²) in [6.45, 7) is 6.19. The summed E-state index contributed by atoms with van der Waals surface area (Å²) in [5, 5.41) is 4.83. The first-order valence-electron chi connectivity index (χ1n) is 10.4. The highest BCUT2D eigenvalue weighted by molar-refractivity contribution is 8.00. The van der Waals surface area contributed by atoms with E-state index in [9.17, 15) is 4.79 Å². The minimum absolute atomic E-state index is 0.0466. The van der Waals surface area contributed by atoms with Gasteiger partial charge in [-0.15, -0.1) is 0 Å². The Hall–Kier alpha value is -3.18. The van der Waals surface area contributed by atoms with Crippen LogP contribution in [0, 0.1) is 13.8 Å². The van der Waals surface area contributed by atoms with E-state index in [1.807, 2.05) is 68.4 Å². The summed E-state index contributed by atoms with van der Waals surface area (Å²) in [6, 6.07) is 22.2. The number of aryl methyl sites for hydroxylation is 3. The second-order valence-electron chi connectivity index (χ2n) is 7.60. The normalized spacial score (nSPS) is 10.9. The Balaban J connectivity index is 1.63. The van der Waals surface area contributed by atoms with Crippen LogP contribution in [0.2, 0.25) is 0 Å². The summed E-state index contributed by atoms with van der Waals surface area (Å²) in [4.78, 5) is 22.3. The van der Waals surface area contributed by atoms with E-state index in [1.54, 1.807) is 0 Å². The van der Waals surface area contributed by atoms with Gasteiger partial charge in [0.15, 0.2) is 5.82 Å². The molecule has 5 heteroatoms. The third kappa shape index (κ3) is 4.94. The molecule has 31 heavy (non-hydrogen) atoms. The summed E-state index contributed by atoms with van der Waals surface area (Å²) in [6.07, 6.45) is 0.889. The zero-order valence-corrected chi connectivity index (χ0v) is 18.8. The number of benzene rings is 3. The minimum Gasteiger partial charge on any atom is -0.325 e. The molecule has 1 amide bonds. The molecule has 0 aliphatic rings. The van der Waals surface area contributed by atoms with Gasteiger partial charge < -0.3 is 5.32 Å². The van der Waals surface area contributed by atoms with Crippen molar-refractivity contribution in [3.63, 3.8) is 0 Å². The second kappa shape index (κ2) is 9.31. The molecular weight excluding hydrogens is 402 g/mol. The summed E-state index contributed by atoms with van der Waals surface area (Å²) < 4.78 is 0. The molecule has 0 saturated heterocycles. The van der Waals surface area contributed by atoms with Crippen LogP contribution in [0.5, 0.6) is 0 Å². The number of hydrogen-bond donors (Lipinski definition) is 1. The number of nitrogens with one attached hydrogen (secondary N) is 1. The molecule has 0 unspecified atom stereocenters. The maximum atomic E-state index is 12.6. The van der Waals surface area contributed by atoms with E-state index < -0.39 is 0 Å². The van der Waals surface area contributed by atoms with Crippen LogP contribution in [0.3, 0.4) is 0 Å². The molecule has 0 saturated carbocycles. The summed E-state index contributed by atoms with van der Waals surface area (Å²) in [5.74, 6) is 0.921. The van der Waals surface area contributed by atoms with Gasteiger partial charge in [0.2, 0.25) is 5.91 Å². The lowest BCUT2D eigenvalue weighted by Gasteiger charge is -2.11. The number of hydrogen-bond acceptors (Lipinski definition) is 4. The lowest BCUT2D eigenvalue weighted by atomic mass is 10.1. The zero-order valence-electron chi connectivity index (χ0n) is 18.0. The van der Waals surface area contributed by atoms with Crippen LogP contribution in [0.1, 0.15) is 23.6 Å². The molecule has 156 valence electrons. The summed E-state index contributed by atoms with van der Waals surface area (Å²) in [5.41, 5.74) is 6.19. The second-order valence-corrected chi connectivity index (χ2v) is 8.56. The number of thioether (sulfide) groups is 1. The molecule has 0 aliphatic carbocycles. The number of anilines is 1. The molecule has 0 fully saturated rings. The number of nitrogens with zero attached hydrogens (tertiary/aromatic N) is 2. The van der Waals surface area contributed by atoms with Crippen molar-refractivity contribution in [1.29, 1.82) is 0 Å². The first-order valence-corrected chi connectivity index (χ1v) is 11.4.